The Morgan fingerprint density at radius 2 is 2.06 bits per heavy atom. The van der Waals surface area contributed by atoms with Gasteiger partial charge in [-0.2, -0.15) is 13.2 Å². The molecule has 1 atom stereocenters. The minimum atomic E-state index is -4.65. The topological polar surface area (TPSA) is 81.7 Å². The van der Waals surface area contributed by atoms with Crippen LogP contribution in [0, 0.1) is 0 Å². The fraction of sp³-hybridized carbons (Fsp3) is 0.381. The zero-order chi connectivity index (χ0) is 23.5. The molecule has 6 nitrogen and oxygen atoms in total. The average Bonchev–Trinajstić information content (AvgIpc) is 3.17. The van der Waals surface area contributed by atoms with Gasteiger partial charge in [-0.05, 0) is 30.7 Å². The maximum atomic E-state index is 13.6. The first kappa shape index (κ1) is 24.2. The van der Waals surface area contributed by atoms with Crippen LogP contribution in [0.5, 0.6) is 0 Å². The van der Waals surface area contributed by atoms with Crippen LogP contribution in [0.2, 0.25) is 0 Å². The van der Waals surface area contributed by atoms with Crippen LogP contribution in [0.15, 0.2) is 41.0 Å². The molecule has 0 spiro atoms. The van der Waals surface area contributed by atoms with Crippen molar-refractivity contribution in [3.63, 3.8) is 0 Å². The molecule has 0 saturated carbocycles. The number of amides is 2. The molecule has 0 radical (unpaired) electrons. The number of halogens is 4. The van der Waals surface area contributed by atoms with Crippen LogP contribution < -0.4 is 15.5 Å². The van der Waals surface area contributed by atoms with Crippen LogP contribution in [0.4, 0.5) is 24.5 Å². The van der Waals surface area contributed by atoms with Gasteiger partial charge in [0.25, 0.3) is 5.91 Å². The number of aliphatic hydroxyl groups is 1. The van der Waals surface area contributed by atoms with Crippen LogP contribution in [-0.2, 0) is 15.8 Å². The maximum Gasteiger partial charge on any atom is 0.418 e. The number of thiocarbonyl (C=S) groups is 1. The van der Waals surface area contributed by atoms with Crippen molar-refractivity contribution in [2.45, 2.75) is 31.5 Å². The normalized spacial score (nSPS) is 17.7. The second-order valence-corrected chi connectivity index (χ2v) is 8.33. The van der Waals surface area contributed by atoms with E-state index in [1.807, 2.05) is 0 Å². The van der Waals surface area contributed by atoms with Crippen molar-refractivity contribution in [2.75, 3.05) is 29.9 Å². The molecule has 3 rings (SSSR count). The zero-order valence-electron chi connectivity index (χ0n) is 16.8. The molecule has 2 amide bonds. The number of nitrogens with zero attached hydrogens (tertiary/aromatic N) is 1. The molecule has 1 unspecified atom stereocenters. The number of nitrogens with one attached hydrogen (secondary N) is 2. The van der Waals surface area contributed by atoms with E-state index in [4.69, 9.17) is 23.8 Å². The largest absolute Gasteiger partial charge is 0.418 e. The molecule has 1 aromatic carbocycles. The minimum Gasteiger partial charge on any atom is -0.389 e. The Labute approximate surface area is 193 Å². The van der Waals surface area contributed by atoms with Crippen LogP contribution in [0.25, 0.3) is 0 Å². The summed E-state index contributed by atoms with van der Waals surface area (Å²) in [6.45, 7) is -0.00267. The third-order valence-electron chi connectivity index (χ3n) is 5.02. The molecule has 0 bridgehead atoms. The van der Waals surface area contributed by atoms with Gasteiger partial charge in [-0.3, -0.25) is 9.59 Å². The molecule has 0 aromatic heterocycles. The Morgan fingerprint density at radius 1 is 1.31 bits per heavy atom. The molecular formula is C21H21ClF3N3O3S. The number of aliphatic hydroxyl groups excluding tert-OH is 1. The Hall–Kier alpha value is -2.43. The standard InChI is InChI=1S/C21H21ClF3N3O3S/c22-12-3-6-18(32)15(8-12)20(31)27-11-14(29)10-26-13-4-5-17(16(9-13)21(23,24)25)28-7-1-2-19(28)30/h3-5,8-9,14,26,29H,1-2,6-7,10-11H2,(H,27,31). The van der Waals surface area contributed by atoms with E-state index in [0.29, 0.717) is 22.7 Å². The van der Waals surface area contributed by atoms with Crippen molar-refractivity contribution in [2.24, 2.45) is 0 Å². The number of hydrogen-bond acceptors (Lipinski definition) is 5. The fourth-order valence-electron chi connectivity index (χ4n) is 3.39. The van der Waals surface area contributed by atoms with Gasteiger partial charge in [-0.25, -0.2) is 0 Å². The van der Waals surface area contributed by atoms with E-state index >= 15 is 0 Å². The van der Waals surface area contributed by atoms with Gasteiger partial charge in [0.2, 0.25) is 5.91 Å². The monoisotopic (exact) mass is 487 g/mol. The third kappa shape index (κ3) is 5.87. The summed E-state index contributed by atoms with van der Waals surface area (Å²) in [4.78, 5) is 25.7. The Balaban J connectivity index is 1.60. The van der Waals surface area contributed by atoms with Gasteiger partial charge in [0.05, 0.1) is 22.9 Å². The van der Waals surface area contributed by atoms with Gasteiger partial charge in [-0.1, -0.05) is 29.9 Å². The molecule has 3 N–H and O–H groups in total. The maximum absolute atomic E-state index is 13.6. The third-order valence-corrected chi connectivity index (χ3v) is 5.67. The number of benzene rings is 1. The smallest absolute Gasteiger partial charge is 0.389 e. The van der Waals surface area contributed by atoms with Crippen molar-refractivity contribution in [3.05, 3.63) is 46.5 Å². The summed E-state index contributed by atoms with van der Waals surface area (Å²) >= 11 is 11.0. The van der Waals surface area contributed by atoms with E-state index in [9.17, 15) is 27.9 Å². The van der Waals surface area contributed by atoms with E-state index in [1.54, 1.807) is 6.08 Å². The molecule has 1 aliphatic carbocycles. The van der Waals surface area contributed by atoms with Crippen LogP contribution in [-0.4, -0.2) is 47.5 Å². The number of hydrogen-bond donors (Lipinski definition) is 3. The molecule has 1 aromatic rings. The Kier molecular flexibility index (Phi) is 7.58. The number of anilines is 2. The van der Waals surface area contributed by atoms with E-state index < -0.39 is 23.8 Å². The molecule has 1 saturated heterocycles. The highest BCUT2D eigenvalue weighted by molar-refractivity contribution is 7.81. The molecule has 172 valence electrons. The molecule has 11 heteroatoms. The summed E-state index contributed by atoms with van der Waals surface area (Å²) in [5.41, 5.74) is -0.730. The Morgan fingerprint density at radius 3 is 2.72 bits per heavy atom. The summed E-state index contributed by atoms with van der Waals surface area (Å²) in [5, 5.41) is 15.8. The van der Waals surface area contributed by atoms with Crippen LogP contribution >= 0.6 is 23.8 Å². The van der Waals surface area contributed by atoms with Gasteiger partial charge < -0.3 is 20.6 Å². The summed E-state index contributed by atoms with van der Waals surface area (Å²) in [7, 11) is 0. The van der Waals surface area contributed by atoms with E-state index in [1.165, 1.54) is 18.2 Å². The quantitative estimate of drug-likeness (QED) is 0.512. The predicted molar refractivity (Wildman–Crippen MR) is 120 cm³/mol. The van der Waals surface area contributed by atoms with E-state index in [-0.39, 0.29) is 48.9 Å². The Bertz CT molecular complexity index is 994. The number of carbonyl (C=O) groups excluding carboxylic acids is 2. The first-order chi connectivity index (χ1) is 15.1. The van der Waals surface area contributed by atoms with Crippen molar-refractivity contribution >= 4 is 51.9 Å². The molecule has 1 heterocycles. The summed E-state index contributed by atoms with van der Waals surface area (Å²) in [6, 6.07) is 3.57. The van der Waals surface area contributed by atoms with Crippen LogP contribution in [0.3, 0.4) is 0 Å². The lowest BCUT2D eigenvalue weighted by Crippen LogP contribution is -2.37. The predicted octanol–water partition coefficient (Wildman–Crippen LogP) is 3.54. The summed E-state index contributed by atoms with van der Waals surface area (Å²) in [5.74, 6) is -0.828. The molecule has 1 fully saturated rings. The van der Waals surface area contributed by atoms with Crippen molar-refractivity contribution < 1.29 is 27.9 Å². The van der Waals surface area contributed by atoms with Gasteiger partial charge in [0.15, 0.2) is 0 Å². The lowest BCUT2D eigenvalue weighted by atomic mass is 10.0. The van der Waals surface area contributed by atoms with Crippen molar-refractivity contribution in [1.29, 1.82) is 0 Å². The van der Waals surface area contributed by atoms with Gasteiger partial charge in [-0.15, -0.1) is 0 Å². The average molecular weight is 488 g/mol. The lowest BCUT2D eigenvalue weighted by molar-refractivity contribution is -0.137. The van der Waals surface area contributed by atoms with Gasteiger partial charge in [0, 0.05) is 48.1 Å². The molecular weight excluding hydrogens is 467 g/mol. The number of rotatable bonds is 7. The second-order valence-electron chi connectivity index (χ2n) is 7.40. The summed E-state index contributed by atoms with van der Waals surface area (Å²) < 4.78 is 40.7. The van der Waals surface area contributed by atoms with Gasteiger partial charge in [0.1, 0.15) is 0 Å². The molecule has 32 heavy (non-hydrogen) atoms. The SMILES string of the molecule is O=C(NCC(O)CNc1ccc(N2CCCC2=O)c(C(F)(F)F)c1)C1=CC(Cl)=CCC1=S. The highest BCUT2D eigenvalue weighted by atomic mass is 35.5. The fourth-order valence-corrected chi connectivity index (χ4v) is 3.82. The zero-order valence-corrected chi connectivity index (χ0v) is 18.4. The van der Waals surface area contributed by atoms with Crippen molar-refractivity contribution in [1.82, 2.24) is 5.32 Å². The number of carbonyl (C=O) groups is 2. The summed E-state index contributed by atoms with van der Waals surface area (Å²) in [6.07, 6.45) is -1.49. The molecule has 2 aliphatic rings. The van der Waals surface area contributed by atoms with Crippen molar-refractivity contribution in [3.8, 4) is 0 Å². The first-order valence-electron chi connectivity index (χ1n) is 9.88. The second kappa shape index (κ2) is 10.0. The first-order valence-corrected chi connectivity index (χ1v) is 10.7. The van der Waals surface area contributed by atoms with E-state index in [0.717, 1.165) is 11.0 Å². The van der Waals surface area contributed by atoms with E-state index in [2.05, 4.69) is 10.6 Å². The van der Waals surface area contributed by atoms with Gasteiger partial charge >= 0.3 is 6.18 Å². The highest BCUT2D eigenvalue weighted by Gasteiger charge is 2.37. The number of allylic oxidation sites excluding steroid dienone is 3. The number of alkyl halides is 3. The lowest BCUT2D eigenvalue weighted by Gasteiger charge is -2.22. The molecule has 1 aliphatic heterocycles. The van der Waals surface area contributed by atoms with Crippen LogP contribution in [0.1, 0.15) is 24.8 Å². The highest BCUT2D eigenvalue weighted by Crippen LogP contribution is 2.39. The minimum absolute atomic E-state index is 0.107.